The van der Waals surface area contributed by atoms with Crippen LogP contribution in [0.1, 0.15) is 55.8 Å². The molecule has 0 bridgehead atoms. The van der Waals surface area contributed by atoms with Gasteiger partial charge in [0, 0.05) is 37.2 Å². The van der Waals surface area contributed by atoms with E-state index in [4.69, 9.17) is 4.52 Å². The Kier molecular flexibility index (Phi) is 5.13. The molecule has 0 spiro atoms. The highest BCUT2D eigenvalue weighted by Gasteiger charge is 2.29. The minimum atomic E-state index is -0.132. The van der Waals surface area contributed by atoms with Gasteiger partial charge in [-0.15, -0.1) is 0 Å². The van der Waals surface area contributed by atoms with Crippen LogP contribution in [0.3, 0.4) is 0 Å². The lowest BCUT2D eigenvalue weighted by Crippen LogP contribution is -2.49. The zero-order chi connectivity index (χ0) is 20.6. The van der Waals surface area contributed by atoms with Crippen LogP contribution < -0.4 is 0 Å². The number of benzene rings is 2. The second-order valence-corrected chi connectivity index (χ2v) is 8.77. The van der Waals surface area contributed by atoms with E-state index in [1.807, 2.05) is 41.3 Å². The first-order valence-corrected chi connectivity index (χ1v) is 10.2. The number of aromatic nitrogens is 2. The van der Waals surface area contributed by atoms with Crippen molar-refractivity contribution in [3.05, 3.63) is 59.7 Å². The maximum absolute atomic E-state index is 13.0. The molecule has 0 N–H and O–H groups in total. The second-order valence-electron chi connectivity index (χ2n) is 8.77. The Balaban J connectivity index is 1.40. The van der Waals surface area contributed by atoms with Gasteiger partial charge < -0.3 is 9.42 Å². The Morgan fingerprint density at radius 2 is 1.72 bits per heavy atom. The van der Waals surface area contributed by atoms with Gasteiger partial charge in [-0.05, 0) is 29.8 Å². The number of rotatable bonds is 3. The van der Waals surface area contributed by atoms with Gasteiger partial charge in [0.25, 0.3) is 5.91 Å². The van der Waals surface area contributed by atoms with Gasteiger partial charge >= 0.3 is 0 Å². The van der Waals surface area contributed by atoms with E-state index < -0.39 is 0 Å². The Morgan fingerprint density at radius 1 is 1.03 bits per heavy atom. The topological polar surface area (TPSA) is 62.5 Å². The highest BCUT2D eigenvalue weighted by Crippen LogP contribution is 2.25. The van der Waals surface area contributed by atoms with Crippen LogP contribution in [0.4, 0.5) is 0 Å². The quantitative estimate of drug-likeness (QED) is 0.673. The van der Waals surface area contributed by atoms with Crippen LogP contribution in [-0.4, -0.2) is 52.0 Å². The van der Waals surface area contributed by atoms with E-state index in [0.29, 0.717) is 19.0 Å². The van der Waals surface area contributed by atoms with Gasteiger partial charge in [-0.2, -0.15) is 4.98 Å². The van der Waals surface area contributed by atoms with E-state index in [2.05, 4.69) is 48.8 Å². The van der Waals surface area contributed by atoms with E-state index in [1.54, 1.807) is 0 Å². The van der Waals surface area contributed by atoms with Crippen molar-refractivity contribution >= 4 is 16.7 Å². The van der Waals surface area contributed by atoms with E-state index in [1.165, 1.54) is 0 Å². The maximum atomic E-state index is 13.0. The predicted octanol–water partition coefficient (Wildman–Crippen LogP) is 4.04. The van der Waals surface area contributed by atoms with Gasteiger partial charge in [0.15, 0.2) is 5.82 Å². The fourth-order valence-electron chi connectivity index (χ4n) is 3.68. The van der Waals surface area contributed by atoms with E-state index in [0.717, 1.165) is 35.2 Å². The van der Waals surface area contributed by atoms with E-state index in [-0.39, 0.29) is 17.4 Å². The molecule has 0 saturated carbocycles. The van der Waals surface area contributed by atoms with E-state index >= 15 is 0 Å². The zero-order valence-corrected chi connectivity index (χ0v) is 17.6. The third kappa shape index (κ3) is 4.03. The van der Waals surface area contributed by atoms with Gasteiger partial charge in [0.05, 0.1) is 6.04 Å². The lowest BCUT2D eigenvalue weighted by molar-refractivity contribution is 0.0552. The third-order valence-corrected chi connectivity index (χ3v) is 5.62. The van der Waals surface area contributed by atoms with Crippen molar-refractivity contribution in [2.45, 2.75) is 39.2 Å². The zero-order valence-electron chi connectivity index (χ0n) is 17.6. The molecule has 152 valence electrons. The summed E-state index contributed by atoms with van der Waals surface area (Å²) in [6.45, 7) is 11.3. The molecule has 29 heavy (non-hydrogen) atoms. The second kappa shape index (κ2) is 7.59. The molecule has 1 fully saturated rings. The normalized spacial score (nSPS) is 16.9. The summed E-state index contributed by atoms with van der Waals surface area (Å²) in [6, 6.07) is 14.1. The summed E-state index contributed by atoms with van der Waals surface area (Å²) in [5, 5.41) is 6.38. The van der Waals surface area contributed by atoms with Crippen molar-refractivity contribution in [3.63, 3.8) is 0 Å². The highest BCUT2D eigenvalue weighted by atomic mass is 16.5. The van der Waals surface area contributed by atoms with Gasteiger partial charge in [0.2, 0.25) is 5.89 Å². The molecule has 1 aliphatic heterocycles. The van der Waals surface area contributed by atoms with Crippen molar-refractivity contribution in [2.75, 3.05) is 26.2 Å². The summed E-state index contributed by atoms with van der Waals surface area (Å²) < 4.78 is 5.51. The van der Waals surface area contributed by atoms with Crippen LogP contribution in [-0.2, 0) is 5.41 Å². The monoisotopic (exact) mass is 392 g/mol. The average molecular weight is 393 g/mol. The molecule has 2 heterocycles. The van der Waals surface area contributed by atoms with Gasteiger partial charge in [-0.1, -0.05) is 56.3 Å². The molecule has 1 saturated heterocycles. The van der Waals surface area contributed by atoms with Crippen molar-refractivity contribution in [2.24, 2.45) is 0 Å². The first-order valence-electron chi connectivity index (χ1n) is 10.2. The fourth-order valence-corrected chi connectivity index (χ4v) is 3.68. The molecule has 1 aliphatic rings. The van der Waals surface area contributed by atoms with Crippen LogP contribution in [0, 0.1) is 0 Å². The largest absolute Gasteiger partial charge is 0.338 e. The summed E-state index contributed by atoms with van der Waals surface area (Å²) in [5.41, 5.74) is 0.615. The molecule has 1 atom stereocenters. The number of hydrogen-bond donors (Lipinski definition) is 0. The van der Waals surface area contributed by atoms with Gasteiger partial charge in [-0.25, -0.2) is 0 Å². The highest BCUT2D eigenvalue weighted by molar-refractivity contribution is 5.98. The van der Waals surface area contributed by atoms with Crippen LogP contribution in [0.2, 0.25) is 0 Å². The molecule has 0 radical (unpaired) electrons. The average Bonchev–Trinajstić information content (AvgIpc) is 3.23. The molecular formula is C23H28N4O2. The van der Waals surface area contributed by atoms with Gasteiger partial charge in [0.1, 0.15) is 0 Å². The standard InChI is InChI=1S/C23H28N4O2/c1-16(20-24-22(25-29-20)23(2,3)4)26-11-13-27(14-12-26)21(28)19-10-9-17-7-5-6-8-18(17)15-19/h5-10,15-16H,11-14H2,1-4H3/t16-/m0/s1. The lowest BCUT2D eigenvalue weighted by Gasteiger charge is -2.36. The SMILES string of the molecule is C[C@@H](c1nc(C(C)(C)C)no1)N1CCN(C(=O)c2ccc3ccccc3c2)CC1. The first kappa shape index (κ1) is 19.6. The Labute approximate surface area is 171 Å². The summed E-state index contributed by atoms with van der Waals surface area (Å²) in [5.74, 6) is 1.46. The van der Waals surface area contributed by atoms with Gasteiger partial charge in [-0.3, -0.25) is 9.69 Å². The number of nitrogens with zero attached hydrogens (tertiary/aromatic N) is 4. The molecular weight excluding hydrogens is 364 g/mol. The number of amides is 1. The molecule has 0 aliphatic carbocycles. The molecule has 1 amide bonds. The van der Waals surface area contributed by atoms with Crippen molar-refractivity contribution in [3.8, 4) is 0 Å². The van der Waals surface area contributed by atoms with Crippen molar-refractivity contribution in [1.82, 2.24) is 19.9 Å². The van der Waals surface area contributed by atoms with E-state index in [9.17, 15) is 4.79 Å². The molecule has 6 nitrogen and oxygen atoms in total. The molecule has 4 rings (SSSR count). The Morgan fingerprint density at radius 3 is 2.38 bits per heavy atom. The minimum absolute atomic E-state index is 0.0384. The number of carbonyl (C=O) groups excluding carboxylic acids is 1. The fraction of sp³-hybridized carbons (Fsp3) is 0.435. The summed E-state index contributed by atoms with van der Waals surface area (Å²) in [4.78, 5) is 21.8. The van der Waals surface area contributed by atoms with Crippen LogP contribution >= 0.6 is 0 Å². The third-order valence-electron chi connectivity index (χ3n) is 5.62. The van der Waals surface area contributed by atoms with Crippen molar-refractivity contribution < 1.29 is 9.32 Å². The van der Waals surface area contributed by atoms with Crippen LogP contribution in [0.5, 0.6) is 0 Å². The summed E-state index contributed by atoms with van der Waals surface area (Å²) in [7, 11) is 0. The van der Waals surface area contributed by atoms with Crippen LogP contribution in [0.15, 0.2) is 47.0 Å². The summed E-state index contributed by atoms with van der Waals surface area (Å²) in [6.07, 6.45) is 0. The summed E-state index contributed by atoms with van der Waals surface area (Å²) >= 11 is 0. The lowest BCUT2D eigenvalue weighted by atomic mass is 9.96. The predicted molar refractivity (Wildman–Crippen MR) is 113 cm³/mol. The maximum Gasteiger partial charge on any atom is 0.253 e. The minimum Gasteiger partial charge on any atom is -0.338 e. The Bertz CT molecular complexity index is 1010. The molecule has 3 aromatic rings. The first-order chi connectivity index (χ1) is 13.8. The smallest absolute Gasteiger partial charge is 0.253 e. The molecule has 0 unspecified atom stereocenters. The number of hydrogen-bond acceptors (Lipinski definition) is 5. The molecule has 1 aromatic heterocycles. The molecule has 2 aromatic carbocycles. The number of carbonyl (C=O) groups is 1. The number of piperazine rings is 1. The van der Waals surface area contributed by atoms with Crippen LogP contribution in [0.25, 0.3) is 10.8 Å². The molecule has 6 heteroatoms. The number of fused-ring (bicyclic) bond motifs is 1. The van der Waals surface area contributed by atoms with Crippen molar-refractivity contribution in [1.29, 1.82) is 0 Å². The Hall–Kier alpha value is -2.73.